The number of hydrogen-bond donors (Lipinski definition) is 1. The Hall–Kier alpha value is -1.14. The average Bonchev–Trinajstić information content (AvgIpc) is 2.35. The highest BCUT2D eigenvalue weighted by molar-refractivity contribution is 14.1. The molecule has 0 aliphatic heterocycles. The zero-order valence-electron chi connectivity index (χ0n) is 9.48. The van der Waals surface area contributed by atoms with Gasteiger partial charge in [-0.2, -0.15) is 0 Å². The summed E-state index contributed by atoms with van der Waals surface area (Å²) in [4.78, 5) is 4.25. The van der Waals surface area contributed by atoms with Gasteiger partial charge in [0.05, 0.1) is 0 Å². The number of pyridine rings is 1. The van der Waals surface area contributed by atoms with E-state index in [0.29, 0.717) is 5.88 Å². The lowest BCUT2D eigenvalue weighted by Gasteiger charge is -2.05. The van der Waals surface area contributed by atoms with Crippen molar-refractivity contribution >= 4 is 22.6 Å². The first-order chi connectivity index (χ1) is 8.28. The van der Waals surface area contributed by atoms with Crippen molar-refractivity contribution < 1.29 is 4.74 Å². The van der Waals surface area contributed by atoms with Gasteiger partial charge in [0.15, 0.2) is 0 Å². The fourth-order valence-corrected chi connectivity index (χ4v) is 1.76. The van der Waals surface area contributed by atoms with Crippen LogP contribution in [-0.2, 0) is 6.54 Å². The predicted molar refractivity (Wildman–Crippen MR) is 76.2 cm³/mol. The number of ether oxygens (including phenoxy) is 1. The Balaban J connectivity index is 2.05. The molecule has 1 heterocycles. The largest absolute Gasteiger partial charge is 0.439 e. The van der Waals surface area contributed by atoms with Gasteiger partial charge in [-0.15, -0.1) is 0 Å². The Bertz CT molecular complexity index is 468. The first-order valence-electron chi connectivity index (χ1n) is 5.31. The van der Waals surface area contributed by atoms with Gasteiger partial charge in [-0.05, 0) is 59.5 Å². The third-order valence-corrected chi connectivity index (χ3v) is 2.93. The molecule has 1 aromatic heterocycles. The number of rotatable bonds is 4. The number of aromatic nitrogens is 1. The summed E-state index contributed by atoms with van der Waals surface area (Å²) in [5, 5.41) is 3.08. The van der Waals surface area contributed by atoms with Crippen LogP contribution in [0.3, 0.4) is 0 Å². The van der Waals surface area contributed by atoms with E-state index in [2.05, 4.69) is 32.9 Å². The number of halogens is 1. The van der Waals surface area contributed by atoms with Crippen molar-refractivity contribution in [2.45, 2.75) is 6.54 Å². The van der Waals surface area contributed by atoms with Crippen LogP contribution in [0.4, 0.5) is 0 Å². The number of benzene rings is 1. The van der Waals surface area contributed by atoms with Crippen LogP contribution in [0.15, 0.2) is 42.6 Å². The standard InChI is InChI=1S/C13H13IN2O/c1-15-8-10-2-7-13(16-9-10)17-12-5-3-11(14)4-6-12/h2-7,9,15H,8H2,1H3. The summed E-state index contributed by atoms with van der Waals surface area (Å²) >= 11 is 2.26. The molecule has 0 unspecified atom stereocenters. The molecule has 0 fully saturated rings. The molecule has 0 saturated heterocycles. The van der Waals surface area contributed by atoms with Crippen molar-refractivity contribution in [3.63, 3.8) is 0 Å². The molecular formula is C13H13IN2O. The first-order valence-corrected chi connectivity index (χ1v) is 6.39. The molecule has 0 aliphatic carbocycles. The minimum atomic E-state index is 0.617. The Morgan fingerprint density at radius 2 is 1.94 bits per heavy atom. The predicted octanol–water partition coefficient (Wildman–Crippen LogP) is 3.20. The fourth-order valence-electron chi connectivity index (χ4n) is 1.40. The molecule has 0 radical (unpaired) electrons. The quantitative estimate of drug-likeness (QED) is 0.868. The molecule has 2 rings (SSSR count). The molecule has 17 heavy (non-hydrogen) atoms. The number of hydrogen-bond acceptors (Lipinski definition) is 3. The summed E-state index contributed by atoms with van der Waals surface area (Å²) in [6, 6.07) is 11.8. The summed E-state index contributed by atoms with van der Waals surface area (Å²) < 4.78 is 6.82. The van der Waals surface area contributed by atoms with E-state index in [4.69, 9.17) is 4.74 Å². The third kappa shape index (κ3) is 3.67. The molecule has 0 amide bonds. The van der Waals surface area contributed by atoms with Crippen LogP contribution < -0.4 is 10.1 Å². The van der Waals surface area contributed by atoms with Crippen LogP contribution in [0.2, 0.25) is 0 Å². The summed E-state index contributed by atoms with van der Waals surface area (Å²) in [6.07, 6.45) is 1.82. The molecule has 0 saturated carbocycles. The minimum absolute atomic E-state index is 0.617. The van der Waals surface area contributed by atoms with Crippen LogP contribution in [0, 0.1) is 3.57 Å². The first kappa shape index (κ1) is 12.3. The third-order valence-electron chi connectivity index (χ3n) is 2.21. The summed E-state index contributed by atoms with van der Waals surface area (Å²) in [5.74, 6) is 1.42. The molecule has 0 spiro atoms. The van der Waals surface area contributed by atoms with Crippen molar-refractivity contribution in [1.29, 1.82) is 0 Å². The zero-order valence-corrected chi connectivity index (χ0v) is 11.6. The molecule has 2 aromatic rings. The van der Waals surface area contributed by atoms with Crippen molar-refractivity contribution in [2.24, 2.45) is 0 Å². The van der Waals surface area contributed by atoms with Crippen molar-refractivity contribution in [2.75, 3.05) is 7.05 Å². The maximum atomic E-state index is 5.63. The second-order valence-corrected chi connectivity index (χ2v) is 4.84. The topological polar surface area (TPSA) is 34.1 Å². The second kappa shape index (κ2) is 5.97. The molecule has 3 nitrogen and oxygen atoms in total. The molecule has 1 aromatic carbocycles. The highest BCUT2D eigenvalue weighted by Crippen LogP contribution is 2.20. The Kier molecular flexibility index (Phi) is 4.33. The van der Waals surface area contributed by atoms with Gasteiger partial charge in [0.1, 0.15) is 5.75 Å². The normalized spacial score (nSPS) is 10.2. The number of nitrogens with one attached hydrogen (secondary N) is 1. The van der Waals surface area contributed by atoms with E-state index in [1.807, 2.05) is 49.6 Å². The maximum Gasteiger partial charge on any atom is 0.219 e. The van der Waals surface area contributed by atoms with Gasteiger partial charge in [0.2, 0.25) is 5.88 Å². The lowest BCUT2D eigenvalue weighted by molar-refractivity contribution is 0.462. The summed E-state index contributed by atoms with van der Waals surface area (Å²) in [5.41, 5.74) is 1.14. The molecule has 4 heteroatoms. The van der Waals surface area contributed by atoms with Crippen molar-refractivity contribution in [3.05, 3.63) is 51.7 Å². The average molecular weight is 340 g/mol. The Morgan fingerprint density at radius 1 is 1.18 bits per heavy atom. The Labute approximate surface area is 114 Å². The van der Waals surface area contributed by atoms with Crippen LogP contribution in [0.1, 0.15) is 5.56 Å². The smallest absolute Gasteiger partial charge is 0.219 e. The molecule has 88 valence electrons. The fraction of sp³-hybridized carbons (Fsp3) is 0.154. The molecule has 0 atom stereocenters. The van der Waals surface area contributed by atoms with Gasteiger partial charge >= 0.3 is 0 Å². The van der Waals surface area contributed by atoms with E-state index in [1.165, 1.54) is 3.57 Å². The van der Waals surface area contributed by atoms with Crippen LogP contribution in [-0.4, -0.2) is 12.0 Å². The van der Waals surface area contributed by atoms with Gasteiger partial charge in [-0.3, -0.25) is 0 Å². The van der Waals surface area contributed by atoms with Crippen molar-refractivity contribution in [3.8, 4) is 11.6 Å². The maximum absolute atomic E-state index is 5.63. The van der Waals surface area contributed by atoms with Gasteiger partial charge in [-0.1, -0.05) is 6.07 Å². The highest BCUT2D eigenvalue weighted by atomic mass is 127. The molecular weight excluding hydrogens is 327 g/mol. The van der Waals surface area contributed by atoms with E-state index >= 15 is 0 Å². The zero-order chi connectivity index (χ0) is 12.1. The molecule has 0 aliphatic rings. The van der Waals surface area contributed by atoms with Gasteiger partial charge in [-0.25, -0.2) is 4.98 Å². The monoisotopic (exact) mass is 340 g/mol. The van der Waals surface area contributed by atoms with E-state index < -0.39 is 0 Å². The van der Waals surface area contributed by atoms with Gasteiger partial charge < -0.3 is 10.1 Å². The van der Waals surface area contributed by atoms with E-state index in [9.17, 15) is 0 Å². The van der Waals surface area contributed by atoms with Crippen LogP contribution >= 0.6 is 22.6 Å². The van der Waals surface area contributed by atoms with Crippen molar-refractivity contribution in [1.82, 2.24) is 10.3 Å². The van der Waals surface area contributed by atoms with E-state index in [1.54, 1.807) is 0 Å². The lowest BCUT2D eigenvalue weighted by atomic mass is 10.3. The van der Waals surface area contributed by atoms with Crippen LogP contribution in [0.5, 0.6) is 11.6 Å². The van der Waals surface area contributed by atoms with Gasteiger partial charge in [0.25, 0.3) is 0 Å². The highest BCUT2D eigenvalue weighted by Gasteiger charge is 1.99. The minimum Gasteiger partial charge on any atom is -0.439 e. The Morgan fingerprint density at radius 3 is 2.53 bits per heavy atom. The molecule has 1 N–H and O–H groups in total. The lowest BCUT2D eigenvalue weighted by Crippen LogP contribution is -2.05. The molecule has 0 bridgehead atoms. The van der Waals surface area contributed by atoms with Gasteiger partial charge in [0, 0.05) is 22.4 Å². The second-order valence-electron chi connectivity index (χ2n) is 3.59. The van der Waals surface area contributed by atoms with Crippen LogP contribution in [0.25, 0.3) is 0 Å². The number of nitrogens with zero attached hydrogens (tertiary/aromatic N) is 1. The SMILES string of the molecule is CNCc1ccc(Oc2ccc(I)cc2)nc1. The summed E-state index contributed by atoms with van der Waals surface area (Å²) in [6.45, 7) is 0.816. The van der Waals surface area contributed by atoms with E-state index in [-0.39, 0.29) is 0 Å². The summed E-state index contributed by atoms with van der Waals surface area (Å²) in [7, 11) is 1.91. The van der Waals surface area contributed by atoms with E-state index in [0.717, 1.165) is 17.9 Å².